The van der Waals surface area contributed by atoms with Crippen molar-refractivity contribution in [1.82, 2.24) is 19.9 Å². The van der Waals surface area contributed by atoms with E-state index in [4.69, 9.17) is 0 Å². The standard InChI is InChI=1S/C8H8FN5/c9-6-3-12-8(13-4-6)14-5-7-10-1-2-11-7/h1-4H,5H2,(H,10,11)(H,12,13,14). The molecule has 0 spiro atoms. The lowest BCUT2D eigenvalue weighted by Crippen LogP contribution is -2.04. The minimum atomic E-state index is -0.450. The van der Waals surface area contributed by atoms with Crippen molar-refractivity contribution in [2.45, 2.75) is 6.54 Å². The molecule has 2 aromatic heterocycles. The van der Waals surface area contributed by atoms with E-state index >= 15 is 0 Å². The first-order valence-corrected chi connectivity index (χ1v) is 4.04. The maximum absolute atomic E-state index is 12.4. The van der Waals surface area contributed by atoms with Crippen molar-refractivity contribution in [3.63, 3.8) is 0 Å². The lowest BCUT2D eigenvalue weighted by molar-refractivity contribution is 0.614. The van der Waals surface area contributed by atoms with Gasteiger partial charge < -0.3 is 10.3 Å². The van der Waals surface area contributed by atoms with Gasteiger partial charge in [0.2, 0.25) is 5.95 Å². The van der Waals surface area contributed by atoms with E-state index in [1.54, 1.807) is 12.4 Å². The quantitative estimate of drug-likeness (QED) is 0.761. The topological polar surface area (TPSA) is 66.5 Å². The van der Waals surface area contributed by atoms with Crippen molar-refractivity contribution in [1.29, 1.82) is 0 Å². The van der Waals surface area contributed by atoms with Crippen LogP contribution in [0.2, 0.25) is 0 Å². The first-order chi connectivity index (χ1) is 6.84. The van der Waals surface area contributed by atoms with E-state index in [0.717, 1.165) is 18.2 Å². The fourth-order valence-electron chi connectivity index (χ4n) is 0.961. The van der Waals surface area contributed by atoms with E-state index in [0.29, 0.717) is 12.5 Å². The zero-order valence-corrected chi connectivity index (χ0v) is 7.24. The number of nitrogens with zero attached hydrogens (tertiary/aromatic N) is 3. The summed E-state index contributed by atoms with van der Waals surface area (Å²) in [6.45, 7) is 0.485. The predicted molar refractivity (Wildman–Crippen MR) is 47.9 cm³/mol. The number of hydrogen-bond acceptors (Lipinski definition) is 4. The van der Waals surface area contributed by atoms with Crippen molar-refractivity contribution in [3.8, 4) is 0 Å². The molecule has 0 saturated carbocycles. The maximum Gasteiger partial charge on any atom is 0.223 e. The van der Waals surface area contributed by atoms with Gasteiger partial charge in [-0.2, -0.15) is 0 Å². The van der Waals surface area contributed by atoms with Gasteiger partial charge in [-0.25, -0.2) is 19.3 Å². The molecule has 2 rings (SSSR count). The van der Waals surface area contributed by atoms with Gasteiger partial charge in [-0.05, 0) is 0 Å². The van der Waals surface area contributed by atoms with Gasteiger partial charge in [-0.15, -0.1) is 0 Å². The molecular formula is C8H8FN5. The molecule has 0 aliphatic heterocycles. The molecule has 0 radical (unpaired) electrons. The van der Waals surface area contributed by atoms with Gasteiger partial charge >= 0.3 is 0 Å². The van der Waals surface area contributed by atoms with E-state index in [2.05, 4.69) is 25.3 Å². The molecule has 0 aromatic carbocycles. The molecule has 2 N–H and O–H groups in total. The molecule has 0 bridgehead atoms. The molecule has 6 heteroatoms. The lowest BCUT2D eigenvalue weighted by Gasteiger charge is -2.00. The fraction of sp³-hybridized carbons (Fsp3) is 0.125. The number of halogens is 1. The highest BCUT2D eigenvalue weighted by molar-refractivity contribution is 5.22. The Balaban J connectivity index is 1.95. The third-order valence-corrected chi connectivity index (χ3v) is 1.59. The molecule has 0 aliphatic rings. The van der Waals surface area contributed by atoms with Crippen molar-refractivity contribution in [2.24, 2.45) is 0 Å². The molecule has 2 heterocycles. The van der Waals surface area contributed by atoms with Crippen LogP contribution in [0.15, 0.2) is 24.8 Å². The van der Waals surface area contributed by atoms with Crippen molar-refractivity contribution < 1.29 is 4.39 Å². The zero-order chi connectivity index (χ0) is 9.80. The largest absolute Gasteiger partial charge is 0.347 e. The second-order valence-electron chi connectivity index (χ2n) is 2.61. The first kappa shape index (κ1) is 8.61. The van der Waals surface area contributed by atoms with Crippen molar-refractivity contribution >= 4 is 5.95 Å². The number of rotatable bonds is 3. The molecule has 2 aromatic rings. The van der Waals surface area contributed by atoms with Crippen LogP contribution in [0, 0.1) is 5.82 Å². The van der Waals surface area contributed by atoms with Crippen LogP contribution in [0.1, 0.15) is 5.82 Å². The van der Waals surface area contributed by atoms with E-state index in [-0.39, 0.29) is 0 Å². The molecule has 0 unspecified atom stereocenters. The van der Waals surface area contributed by atoms with Crippen LogP contribution in [-0.4, -0.2) is 19.9 Å². The average molecular weight is 193 g/mol. The van der Waals surface area contributed by atoms with Gasteiger partial charge in [0.15, 0.2) is 5.82 Å². The lowest BCUT2D eigenvalue weighted by atomic mass is 10.6. The number of nitrogens with one attached hydrogen (secondary N) is 2. The predicted octanol–water partition coefficient (Wildman–Crippen LogP) is 0.951. The molecule has 0 atom stereocenters. The van der Waals surface area contributed by atoms with Crippen LogP contribution in [0.25, 0.3) is 0 Å². The summed E-state index contributed by atoms with van der Waals surface area (Å²) < 4.78 is 12.4. The average Bonchev–Trinajstić information content (AvgIpc) is 2.70. The van der Waals surface area contributed by atoms with Gasteiger partial charge in [-0.3, -0.25) is 0 Å². The highest BCUT2D eigenvalue weighted by Crippen LogP contribution is 1.99. The van der Waals surface area contributed by atoms with Gasteiger partial charge in [0.25, 0.3) is 0 Å². The van der Waals surface area contributed by atoms with E-state index in [1.807, 2.05) is 0 Å². The summed E-state index contributed by atoms with van der Waals surface area (Å²) >= 11 is 0. The molecule has 0 saturated heterocycles. The Morgan fingerprint density at radius 3 is 2.71 bits per heavy atom. The summed E-state index contributed by atoms with van der Waals surface area (Å²) in [4.78, 5) is 14.4. The SMILES string of the molecule is Fc1cnc(NCc2ncc[nH]2)nc1. The summed E-state index contributed by atoms with van der Waals surface area (Å²) in [6, 6.07) is 0. The number of aromatic amines is 1. The summed E-state index contributed by atoms with van der Waals surface area (Å²) in [6.07, 6.45) is 5.60. The van der Waals surface area contributed by atoms with Crippen LogP contribution in [-0.2, 0) is 6.54 Å². The summed E-state index contributed by atoms with van der Waals surface area (Å²) in [5, 5.41) is 2.89. The van der Waals surface area contributed by atoms with Crippen LogP contribution in [0.5, 0.6) is 0 Å². The minimum absolute atomic E-state index is 0.378. The molecule has 14 heavy (non-hydrogen) atoms. The normalized spacial score (nSPS) is 10.1. The Morgan fingerprint density at radius 2 is 2.07 bits per heavy atom. The Morgan fingerprint density at radius 1 is 1.29 bits per heavy atom. The summed E-state index contributed by atoms with van der Waals surface area (Å²) in [5.41, 5.74) is 0. The highest BCUT2D eigenvalue weighted by Gasteiger charge is 1.97. The Kier molecular flexibility index (Phi) is 2.35. The third-order valence-electron chi connectivity index (χ3n) is 1.59. The van der Waals surface area contributed by atoms with Crippen LogP contribution >= 0.6 is 0 Å². The number of H-pyrrole nitrogens is 1. The van der Waals surface area contributed by atoms with Gasteiger partial charge in [-0.1, -0.05) is 0 Å². The molecule has 72 valence electrons. The summed E-state index contributed by atoms with van der Waals surface area (Å²) in [5.74, 6) is 0.703. The zero-order valence-electron chi connectivity index (χ0n) is 7.24. The number of aromatic nitrogens is 4. The van der Waals surface area contributed by atoms with Gasteiger partial charge in [0.1, 0.15) is 5.82 Å². The Bertz CT molecular complexity index is 383. The fourth-order valence-corrected chi connectivity index (χ4v) is 0.961. The second kappa shape index (κ2) is 3.82. The second-order valence-corrected chi connectivity index (χ2v) is 2.61. The number of hydrogen-bond donors (Lipinski definition) is 2. The van der Waals surface area contributed by atoms with Crippen molar-refractivity contribution in [3.05, 3.63) is 36.4 Å². The first-order valence-electron chi connectivity index (χ1n) is 4.04. The molecular weight excluding hydrogens is 185 g/mol. The third kappa shape index (κ3) is 2.03. The Labute approximate surface area is 79.4 Å². The van der Waals surface area contributed by atoms with Crippen LogP contribution in [0.4, 0.5) is 10.3 Å². The molecule has 5 nitrogen and oxygen atoms in total. The number of anilines is 1. The Hall–Kier alpha value is -1.98. The minimum Gasteiger partial charge on any atom is -0.347 e. The smallest absolute Gasteiger partial charge is 0.223 e. The van der Waals surface area contributed by atoms with Gasteiger partial charge in [0, 0.05) is 12.4 Å². The van der Waals surface area contributed by atoms with Crippen LogP contribution in [0.3, 0.4) is 0 Å². The number of imidazole rings is 1. The molecule has 0 fully saturated rings. The highest BCUT2D eigenvalue weighted by atomic mass is 19.1. The van der Waals surface area contributed by atoms with Gasteiger partial charge in [0.05, 0.1) is 18.9 Å². The van der Waals surface area contributed by atoms with E-state index in [1.165, 1.54) is 0 Å². The van der Waals surface area contributed by atoms with Crippen LogP contribution < -0.4 is 5.32 Å². The van der Waals surface area contributed by atoms with Crippen molar-refractivity contribution in [2.75, 3.05) is 5.32 Å². The molecule has 0 amide bonds. The monoisotopic (exact) mass is 193 g/mol. The van der Waals surface area contributed by atoms with E-state index < -0.39 is 5.82 Å². The maximum atomic E-state index is 12.4. The summed E-state index contributed by atoms with van der Waals surface area (Å²) in [7, 11) is 0. The van der Waals surface area contributed by atoms with E-state index in [9.17, 15) is 4.39 Å². The molecule has 0 aliphatic carbocycles.